The molecule has 28 heavy (non-hydrogen) atoms. The number of carbonyl (C=O) groups excluding carboxylic acids is 2. The zero-order valence-electron chi connectivity index (χ0n) is 14.8. The number of halogens is 2. The van der Waals surface area contributed by atoms with Crippen molar-refractivity contribution in [2.75, 3.05) is 28.7 Å². The molecule has 8 nitrogen and oxygen atoms in total. The summed E-state index contributed by atoms with van der Waals surface area (Å²) in [6, 6.07) is 4.29. The summed E-state index contributed by atoms with van der Waals surface area (Å²) in [5.74, 6) is -3.42. The fourth-order valence-corrected chi connectivity index (χ4v) is 4.24. The van der Waals surface area contributed by atoms with Gasteiger partial charge in [-0.1, -0.05) is 5.16 Å². The number of hydrogen-bond donors (Lipinski definition) is 1. The van der Waals surface area contributed by atoms with Crippen molar-refractivity contribution in [1.82, 2.24) is 5.16 Å². The van der Waals surface area contributed by atoms with E-state index in [4.69, 9.17) is 9.26 Å². The molecule has 2 amide bonds. The van der Waals surface area contributed by atoms with Crippen LogP contribution in [0.5, 0.6) is 0 Å². The van der Waals surface area contributed by atoms with E-state index >= 15 is 0 Å². The van der Waals surface area contributed by atoms with Crippen LogP contribution in [0, 0.1) is 0 Å². The first-order valence-corrected chi connectivity index (χ1v) is 8.81. The van der Waals surface area contributed by atoms with Crippen LogP contribution in [0.15, 0.2) is 29.0 Å². The first kappa shape index (κ1) is 17.0. The van der Waals surface area contributed by atoms with Gasteiger partial charge < -0.3 is 19.5 Å². The Morgan fingerprint density at radius 3 is 2.82 bits per heavy atom. The highest BCUT2D eigenvalue weighted by Crippen LogP contribution is 2.51. The first-order chi connectivity index (χ1) is 13.4. The van der Waals surface area contributed by atoms with Gasteiger partial charge in [0.05, 0.1) is 35.9 Å². The number of fused-ring (bicyclic) bond motifs is 5. The van der Waals surface area contributed by atoms with E-state index in [0.717, 1.165) is 0 Å². The molecule has 0 radical (unpaired) electrons. The van der Waals surface area contributed by atoms with Crippen molar-refractivity contribution in [3.05, 3.63) is 35.6 Å². The maximum Gasteiger partial charge on any atom is 0.415 e. The molecule has 2 atom stereocenters. The zero-order valence-corrected chi connectivity index (χ0v) is 14.8. The van der Waals surface area contributed by atoms with Gasteiger partial charge in [-0.3, -0.25) is 9.69 Å². The molecule has 0 spiro atoms. The molecule has 0 bridgehead atoms. The summed E-state index contributed by atoms with van der Waals surface area (Å²) in [7, 11) is 1.48. The summed E-state index contributed by atoms with van der Waals surface area (Å²) in [6.07, 6.45) is -0.345. The Hall–Kier alpha value is -3.17. The quantitative estimate of drug-likeness (QED) is 0.867. The van der Waals surface area contributed by atoms with Crippen molar-refractivity contribution in [3.8, 4) is 0 Å². The smallest absolute Gasteiger partial charge is 0.415 e. The first-order valence-electron chi connectivity index (χ1n) is 8.81. The lowest BCUT2D eigenvalue weighted by molar-refractivity contribution is -0.127. The van der Waals surface area contributed by atoms with Crippen LogP contribution in [0.4, 0.5) is 30.8 Å². The number of anilines is 3. The van der Waals surface area contributed by atoms with Crippen LogP contribution in [-0.4, -0.2) is 42.9 Å². The average molecular weight is 390 g/mol. The van der Waals surface area contributed by atoms with Gasteiger partial charge in [-0.25, -0.2) is 13.6 Å². The van der Waals surface area contributed by atoms with E-state index in [9.17, 15) is 18.4 Å². The third-order valence-corrected chi connectivity index (χ3v) is 5.55. The molecular weight excluding hydrogens is 374 g/mol. The van der Waals surface area contributed by atoms with E-state index in [1.807, 2.05) is 0 Å². The van der Waals surface area contributed by atoms with Crippen molar-refractivity contribution in [2.45, 2.75) is 30.9 Å². The second kappa shape index (κ2) is 5.66. The summed E-state index contributed by atoms with van der Waals surface area (Å²) in [5, 5.41) is 6.74. The van der Waals surface area contributed by atoms with Crippen LogP contribution < -0.4 is 15.1 Å². The fourth-order valence-electron chi connectivity index (χ4n) is 4.24. The minimum absolute atomic E-state index is 0.169. The van der Waals surface area contributed by atoms with Crippen LogP contribution in [0.1, 0.15) is 17.5 Å². The van der Waals surface area contributed by atoms with Crippen molar-refractivity contribution >= 4 is 29.2 Å². The molecule has 4 heterocycles. The number of carbonyl (C=O) groups is 2. The molecule has 10 heteroatoms. The Morgan fingerprint density at radius 2 is 2.07 bits per heavy atom. The number of aromatic nitrogens is 1. The van der Waals surface area contributed by atoms with Crippen molar-refractivity contribution in [1.29, 1.82) is 0 Å². The van der Waals surface area contributed by atoms with Gasteiger partial charge in [-0.15, -0.1) is 0 Å². The van der Waals surface area contributed by atoms with E-state index in [2.05, 4.69) is 10.5 Å². The Kier molecular flexibility index (Phi) is 3.43. The largest absolute Gasteiger partial charge is 0.442 e. The number of rotatable bonds is 3. The highest BCUT2D eigenvalue weighted by Gasteiger charge is 2.53. The maximum absolute atomic E-state index is 14.8. The summed E-state index contributed by atoms with van der Waals surface area (Å²) in [6.45, 7) is 0.268. The minimum Gasteiger partial charge on any atom is -0.442 e. The number of amides is 2. The molecule has 2 aromatic rings. The number of hydrogen-bond acceptors (Lipinski definition) is 6. The molecule has 5 rings (SSSR count). The van der Waals surface area contributed by atoms with Gasteiger partial charge in [0.1, 0.15) is 12.4 Å². The Labute approximate surface area is 158 Å². The number of nitrogens with zero attached hydrogens (tertiary/aromatic N) is 3. The summed E-state index contributed by atoms with van der Waals surface area (Å²) in [5.41, 5.74) is 0.833. The molecular formula is C18H16F2N4O4. The maximum atomic E-state index is 14.8. The van der Waals surface area contributed by atoms with Gasteiger partial charge in [0.2, 0.25) is 5.91 Å². The van der Waals surface area contributed by atoms with E-state index in [-0.39, 0.29) is 24.2 Å². The SMILES string of the molecule is CN1C(=O)CC(F)(F)c2c1ccc1c2C[C@H]2[C@H](CNc3ccon3)OC(=O)N12. The van der Waals surface area contributed by atoms with Crippen LogP contribution in [0.25, 0.3) is 0 Å². The third-order valence-electron chi connectivity index (χ3n) is 5.55. The Morgan fingerprint density at radius 1 is 1.29 bits per heavy atom. The highest BCUT2D eigenvalue weighted by atomic mass is 19.3. The van der Waals surface area contributed by atoms with E-state index in [1.165, 1.54) is 29.2 Å². The van der Waals surface area contributed by atoms with Crippen LogP contribution in [0.3, 0.4) is 0 Å². The number of nitrogens with one attached hydrogen (secondary N) is 1. The highest BCUT2D eigenvalue weighted by molar-refractivity contribution is 6.00. The molecule has 146 valence electrons. The van der Waals surface area contributed by atoms with E-state index in [1.54, 1.807) is 12.1 Å². The molecule has 3 aliphatic heterocycles. The number of alkyl halides is 2. The summed E-state index contributed by atoms with van der Waals surface area (Å²) < 4.78 is 39.7. The normalized spacial score (nSPS) is 24.7. The summed E-state index contributed by atoms with van der Waals surface area (Å²) in [4.78, 5) is 27.0. The molecule has 0 aliphatic carbocycles. The van der Waals surface area contributed by atoms with Crippen molar-refractivity contribution in [2.24, 2.45) is 0 Å². The molecule has 1 fully saturated rings. The molecule has 1 aromatic heterocycles. The van der Waals surface area contributed by atoms with E-state index in [0.29, 0.717) is 17.1 Å². The van der Waals surface area contributed by atoms with Gasteiger partial charge in [0.25, 0.3) is 5.92 Å². The predicted molar refractivity (Wildman–Crippen MR) is 93.6 cm³/mol. The van der Waals surface area contributed by atoms with E-state index < -0.39 is 36.5 Å². The van der Waals surface area contributed by atoms with Gasteiger partial charge in [-0.2, -0.15) is 0 Å². The van der Waals surface area contributed by atoms with Gasteiger partial charge >= 0.3 is 6.09 Å². The Balaban J connectivity index is 1.50. The van der Waals surface area contributed by atoms with Crippen LogP contribution in [-0.2, 0) is 21.9 Å². The standard InChI is InChI=1S/C18H16F2N4O4/c1-23-11-3-2-10-9(16(11)18(19,20)7-15(23)25)6-12-13(28-17(26)24(10)12)8-21-14-4-5-27-22-14/h2-5,12-13H,6-8H2,1H3,(H,21,22)/t12-,13-/m0/s1. The number of benzene rings is 1. The Bertz CT molecular complexity index is 978. The van der Waals surface area contributed by atoms with Crippen molar-refractivity contribution in [3.63, 3.8) is 0 Å². The molecule has 0 saturated carbocycles. The zero-order chi connectivity index (χ0) is 19.6. The van der Waals surface area contributed by atoms with Crippen molar-refractivity contribution < 1.29 is 27.6 Å². The van der Waals surface area contributed by atoms with Gasteiger partial charge in [0, 0.05) is 13.1 Å². The topological polar surface area (TPSA) is 87.9 Å². The minimum atomic E-state index is -3.28. The second-order valence-corrected chi connectivity index (χ2v) is 7.12. The molecule has 0 unspecified atom stereocenters. The molecule has 1 saturated heterocycles. The third kappa shape index (κ3) is 2.30. The second-order valence-electron chi connectivity index (χ2n) is 7.12. The predicted octanol–water partition coefficient (Wildman–Crippen LogP) is 2.49. The molecule has 1 aromatic carbocycles. The number of ether oxygens (including phenoxy) is 1. The van der Waals surface area contributed by atoms with Crippen LogP contribution in [0.2, 0.25) is 0 Å². The fraction of sp³-hybridized carbons (Fsp3) is 0.389. The number of cyclic esters (lactones) is 1. The lowest BCUT2D eigenvalue weighted by Crippen LogP contribution is -2.39. The monoisotopic (exact) mass is 390 g/mol. The molecule has 1 N–H and O–H groups in total. The summed E-state index contributed by atoms with van der Waals surface area (Å²) >= 11 is 0. The van der Waals surface area contributed by atoms with Gasteiger partial charge in [0.15, 0.2) is 5.82 Å². The molecule has 3 aliphatic rings. The van der Waals surface area contributed by atoms with Gasteiger partial charge in [-0.05, 0) is 24.1 Å². The average Bonchev–Trinajstić information content (AvgIpc) is 3.34. The lowest BCUT2D eigenvalue weighted by Gasteiger charge is -2.33. The van der Waals surface area contributed by atoms with Crippen LogP contribution >= 0.6 is 0 Å². The lowest BCUT2D eigenvalue weighted by atomic mass is 9.90.